The summed E-state index contributed by atoms with van der Waals surface area (Å²) < 4.78 is 11.2. The zero-order chi connectivity index (χ0) is 18.2. The van der Waals surface area contributed by atoms with Crippen LogP contribution in [0.5, 0.6) is 5.75 Å². The Morgan fingerprint density at radius 3 is 2.56 bits per heavy atom. The van der Waals surface area contributed by atoms with Crippen molar-refractivity contribution in [2.45, 2.75) is 33.2 Å². The molecule has 25 heavy (non-hydrogen) atoms. The van der Waals surface area contributed by atoms with E-state index in [2.05, 4.69) is 5.32 Å². The molecule has 1 fully saturated rings. The summed E-state index contributed by atoms with van der Waals surface area (Å²) in [5.41, 5.74) is 0.585. The third-order valence-corrected chi connectivity index (χ3v) is 4.52. The van der Waals surface area contributed by atoms with Crippen molar-refractivity contribution < 1.29 is 18.7 Å². The minimum atomic E-state index is -1.11. The second-order valence-corrected chi connectivity index (χ2v) is 6.45. The van der Waals surface area contributed by atoms with Crippen molar-refractivity contribution in [2.75, 3.05) is 13.2 Å². The third kappa shape index (κ3) is 2.99. The molecule has 2 aromatic rings. The molecule has 6 nitrogen and oxygen atoms in total. The molecule has 2 heterocycles. The highest BCUT2D eigenvalue weighted by Gasteiger charge is 2.50. The summed E-state index contributed by atoms with van der Waals surface area (Å²) in [5.74, 6) is 1.79. The number of hydrogen-bond acceptors (Lipinski definition) is 4. The highest BCUT2D eigenvalue weighted by Crippen LogP contribution is 2.32. The molecule has 0 saturated carbocycles. The van der Waals surface area contributed by atoms with Crippen molar-refractivity contribution in [3.05, 3.63) is 53.0 Å². The van der Waals surface area contributed by atoms with Crippen LogP contribution in [0.25, 0.3) is 0 Å². The zero-order valence-corrected chi connectivity index (χ0v) is 14.9. The number of nitrogens with one attached hydrogen (secondary N) is 1. The predicted octanol–water partition coefficient (Wildman–Crippen LogP) is 3.05. The summed E-state index contributed by atoms with van der Waals surface area (Å²) in [6.45, 7) is 7.68. The Bertz CT molecular complexity index is 827. The van der Waals surface area contributed by atoms with Crippen molar-refractivity contribution in [3.8, 4) is 5.75 Å². The number of hydrogen-bond donors (Lipinski definition) is 1. The van der Waals surface area contributed by atoms with Gasteiger partial charge in [0.05, 0.1) is 6.54 Å². The standard InChI is InChI=1S/C19H22N2O4/c1-12-7-5-6-8-16(12)24-10-9-21-17(22)19(4,20-18(21)23)15-11-13(2)25-14(15)3/h5-8,11H,9-10H2,1-4H3,(H,20,23). The highest BCUT2D eigenvalue weighted by molar-refractivity contribution is 6.07. The van der Waals surface area contributed by atoms with Gasteiger partial charge in [0.15, 0.2) is 0 Å². The van der Waals surface area contributed by atoms with Gasteiger partial charge < -0.3 is 14.5 Å². The van der Waals surface area contributed by atoms with E-state index >= 15 is 0 Å². The number of para-hydroxylation sites is 1. The fourth-order valence-electron chi connectivity index (χ4n) is 3.18. The first kappa shape index (κ1) is 17.1. The maximum Gasteiger partial charge on any atom is 0.325 e. The number of benzene rings is 1. The Balaban J connectivity index is 1.71. The molecular formula is C19H22N2O4. The number of imide groups is 1. The van der Waals surface area contributed by atoms with E-state index in [-0.39, 0.29) is 19.1 Å². The van der Waals surface area contributed by atoms with Crippen LogP contribution in [-0.2, 0) is 10.3 Å². The lowest BCUT2D eigenvalue weighted by Crippen LogP contribution is -2.41. The minimum Gasteiger partial charge on any atom is -0.491 e. The molecule has 3 amide bonds. The smallest absolute Gasteiger partial charge is 0.325 e. The molecule has 1 atom stereocenters. The van der Waals surface area contributed by atoms with Crippen LogP contribution in [0.3, 0.4) is 0 Å². The van der Waals surface area contributed by atoms with Crippen LogP contribution in [0.15, 0.2) is 34.7 Å². The second-order valence-electron chi connectivity index (χ2n) is 6.45. The summed E-state index contributed by atoms with van der Waals surface area (Å²) in [4.78, 5) is 26.4. The number of furan rings is 1. The molecule has 1 aromatic carbocycles. The molecular weight excluding hydrogens is 320 g/mol. The van der Waals surface area contributed by atoms with E-state index in [9.17, 15) is 9.59 Å². The van der Waals surface area contributed by atoms with Gasteiger partial charge in [0.25, 0.3) is 5.91 Å². The van der Waals surface area contributed by atoms with E-state index in [1.165, 1.54) is 4.90 Å². The number of urea groups is 1. The quantitative estimate of drug-likeness (QED) is 0.848. The van der Waals surface area contributed by atoms with Gasteiger partial charge in [0.2, 0.25) is 0 Å². The number of rotatable bonds is 5. The number of nitrogens with zero attached hydrogens (tertiary/aromatic N) is 1. The zero-order valence-electron chi connectivity index (χ0n) is 14.9. The minimum absolute atomic E-state index is 0.185. The van der Waals surface area contributed by atoms with E-state index in [1.807, 2.05) is 38.1 Å². The Morgan fingerprint density at radius 1 is 1.20 bits per heavy atom. The number of carbonyl (C=O) groups excluding carboxylic acids is 2. The number of amides is 3. The van der Waals surface area contributed by atoms with E-state index in [0.717, 1.165) is 11.3 Å². The fourth-order valence-corrected chi connectivity index (χ4v) is 3.18. The molecule has 1 aliphatic rings. The molecule has 0 bridgehead atoms. The van der Waals surface area contributed by atoms with Crippen molar-refractivity contribution in [1.82, 2.24) is 10.2 Å². The Labute approximate surface area is 146 Å². The molecule has 1 aromatic heterocycles. The van der Waals surface area contributed by atoms with Crippen molar-refractivity contribution in [3.63, 3.8) is 0 Å². The third-order valence-electron chi connectivity index (χ3n) is 4.52. The van der Waals surface area contributed by atoms with Crippen LogP contribution < -0.4 is 10.1 Å². The van der Waals surface area contributed by atoms with E-state index in [4.69, 9.17) is 9.15 Å². The molecule has 3 rings (SSSR count). The van der Waals surface area contributed by atoms with Gasteiger partial charge in [-0.05, 0) is 45.4 Å². The highest BCUT2D eigenvalue weighted by atomic mass is 16.5. The van der Waals surface area contributed by atoms with Gasteiger partial charge in [-0.1, -0.05) is 18.2 Å². The van der Waals surface area contributed by atoms with Crippen LogP contribution in [0.4, 0.5) is 4.79 Å². The number of ether oxygens (including phenoxy) is 1. The lowest BCUT2D eigenvalue weighted by molar-refractivity contribution is -0.131. The molecule has 1 aliphatic heterocycles. The number of carbonyl (C=O) groups is 2. The molecule has 0 radical (unpaired) electrons. The van der Waals surface area contributed by atoms with Gasteiger partial charge in [0, 0.05) is 5.56 Å². The molecule has 6 heteroatoms. The normalized spacial score (nSPS) is 20.1. The van der Waals surface area contributed by atoms with Crippen LogP contribution in [0.1, 0.15) is 29.6 Å². The Hall–Kier alpha value is -2.76. The summed E-state index contributed by atoms with van der Waals surface area (Å²) in [6, 6.07) is 9.00. The lowest BCUT2D eigenvalue weighted by Gasteiger charge is -2.21. The molecule has 1 unspecified atom stereocenters. The van der Waals surface area contributed by atoms with E-state index < -0.39 is 11.6 Å². The fraction of sp³-hybridized carbons (Fsp3) is 0.368. The summed E-state index contributed by atoms with van der Waals surface area (Å²) in [5, 5.41) is 2.78. The van der Waals surface area contributed by atoms with Crippen molar-refractivity contribution in [2.24, 2.45) is 0 Å². The van der Waals surface area contributed by atoms with Gasteiger partial charge in [-0.3, -0.25) is 9.69 Å². The van der Waals surface area contributed by atoms with Gasteiger partial charge in [-0.25, -0.2) is 4.79 Å². The molecule has 0 spiro atoms. The monoisotopic (exact) mass is 342 g/mol. The Kier molecular flexibility index (Phi) is 4.29. The summed E-state index contributed by atoms with van der Waals surface area (Å²) >= 11 is 0. The first-order valence-electron chi connectivity index (χ1n) is 8.23. The van der Waals surface area contributed by atoms with Crippen LogP contribution in [0.2, 0.25) is 0 Å². The SMILES string of the molecule is Cc1cc(C2(C)NC(=O)N(CCOc3ccccc3C)C2=O)c(C)o1. The van der Waals surface area contributed by atoms with E-state index in [1.54, 1.807) is 19.9 Å². The van der Waals surface area contributed by atoms with Crippen molar-refractivity contribution >= 4 is 11.9 Å². The Morgan fingerprint density at radius 2 is 1.92 bits per heavy atom. The topological polar surface area (TPSA) is 71.8 Å². The first-order chi connectivity index (χ1) is 11.8. The van der Waals surface area contributed by atoms with Gasteiger partial charge in [-0.15, -0.1) is 0 Å². The molecule has 0 aliphatic carbocycles. The molecule has 1 saturated heterocycles. The van der Waals surface area contributed by atoms with Gasteiger partial charge >= 0.3 is 6.03 Å². The largest absolute Gasteiger partial charge is 0.491 e. The van der Waals surface area contributed by atoms with Crippen molar-refractivity contribution in [1.29, 1.82) is 0 Å². The summed E-state index contributed by atoms with van der Waals surface area (Å²) in [6.07, 6.45) is 0. The predicted molar refractivity (Wildman–Crippen MR) is 92.5 cm³/mol. The average molecular weight is 342 g/mol. The van der Waals surface area contributed by atoms with Crippen LogP contribution in [0, 0.1) is 20.8 Å². The second kappa shape index (κ2) is 6.27. The number of aryl methyl sites for hydroxylation is 3. The van der Waals surface area contributed by atoms with Crippen LogP contribution >= 0.6 is 0 Å². The molecule has 1 N–H and O–H groups in total. The molecule has 132 valence electrons. The maximum absolute atomic E-state index is 12.9. The maximum atomic E-state index is 12.9. The van der Waals surface area contributed by atoms with Gasteiger partial charge in [-0.2, -0.15) is 0 Å². The van der Waals surface area contributed by atoms with E-state index in [0.29, 0.717) is 17.1 Å². The summed E-state index contributed by atoms with van der Waals surface area (Å²) in [7, 11) is 0. The van der Waals surface area contributed by atoms with Crippen LogP contribution in [-0.4, -0.2) is 30.0 Å². The average Bonchev–Trinajstić information content (AvgIpc) is 3.01. The van der Waals surface area contributed by atoms with Gasteiger partial charge in [0.1, 0.15) is 29.4 Å². The first-order valence-corrected chi connectivity index (χ1v) is 8.23. The lowest BCUT2D eigenvalue weighted by atomic mass is 9.92.